The molecule has 4 rings (SSSR count). The minimum absolute atomic E-state index is 0.0180. The second-order valence-electron chi connectivity index (χ2n) is 8.85. The SMILES string of the molecule is COCC(=O)N1CCC(C)(C(=O)N2CCC[C@@H]2c2ccnc(-c3cccc(Cl)c3)n2)CC1. The first kappa shape index (κ1) is 22.7. The number of piperidine rings is 1. The first-order chi connectivity index (χ1) is 15.4. The van der Waals surface area contributed by atoms with Crippen LogP contribution < -0.4 is 0 Å². The van der Waals surface area contributed by atoms with Crippen molar-refractivity contribution in [3.63, 3.8) is 0 Å². The molecule has 1 aromatic heterocycles. The molecule has 8 heteroatoms. The summed E-state index contributed by atoms with van der Waals surface area (Å²) in [6.45, 7) is 3.99. The Labute approximate surface area is 193 Å². The quantitative estimate of drug-likeness (QED) is 0.685. The molecule has 0 unspecified atom stereocenters. The molecule has 1 aromatic carbocycles. The summed E-state index contributed by atoms with van der Waals surface area (Å²) >= 11 is 6.14. The van der Waals surface area contributed by atoms with E-state index in [0.717, 1.165) is 30.6 Å². The van der Waals surface area contributed by atoms with Gasteiger partial charge in [-0.1, -0.05) is 30.7 Å². The van der Waals surface area contributed by atoms with Gasteiger partial charge in [0.1, 0.15) is 6.61 Å². The molecule has 3 heterocycles. The first-order valence-electron chi connectivity index (χ1n) is 11.1. The zero-order valence-corrected chi connectivity index (χ0v) is 19.3. The second-order valence-corrected chi connectivity index (χ2v) is 9.28. The highest BCUT2D eigenvalue weighted by Gasteiger charge is 2.44. The molecule has 0 N–H and O–H groups in total. The molecule has 0 bridgehead atoms. The van der Waals surface area contributed by atoms with Crippen molar-refractivity contribution in [1.29, 1.82) is 0 Å². The molecule has 0 spiro atoms. The van der Waals surface area contributed by atoms with Crippen LogP contribution in [0.5, 0.6) is 0 Å². The number of rotatable bonds is 5. The number of nitrogens with zero attached hydrogens (tertiary/aromatic N) is 4. The zero-order valence-electron chi connectivity index (χ0n) is 18.6. The predicted molar refractivity (Wildman–Crippen MR) is 122 cm³/mol. The van der Waals surface area contributed by atoms with E-state index in [0.29, 0.717) is 36.8 Å². The van der Waals surface area contributed by atoms with Crippen LogP contribution in [-0.2, 0) is 14.3 Å². The Morgan fingerprint density at radius 1 is 1.22 bits per heavy atom. The number of hydrogen-bond acceptors (Lipinski definition) is 5. The van der Waals surface area contributed by atoms with E-state index in [1.807, 2.05) is 42.2 Å². The largest absolute Gasteiger partial charge is 0.375 e. The highest BCUT2D eigenvalue weighted by atomic mass is 35.5. The Morgan fingerprint density at radius 3 is 2.72 bits per heavy atom. The van der Waals surface area contributed by atoms with Crippen molar-refractivity contribution in [2.45, 2.75) is 38.6 Å². The molecule has 2 saturated heterocycles. The summed E-state index contributed by atoms with van der Waals surface area (Å²) in [6.07, 6.45) is 4.89. The van der Waals surface area contributed by atoms with Crippen LogP contribution in [0.2, 0.25) is 5.02 Å². The van der Waals surface area contributed by atoms with Crippen LogP contribution in [0, 0.1) is 5.41 Å². The fourth-order valence-electron chi connectivity index (χ4n) is 4.67. The fourth-order valence-corrected chi connectivity index (χ4v) is 4.86. The molecule has 1 atom stereocenters. The monoisotopic (exact) mass is 456 g/mol. The van der Waals surface area contributed by atoms with Gasteiger partial charge < -0.3 is 14.5 Å². The van der Waals surface area contributed by atoms with E-state index in [2.05, 4.69) is 4.98 Å². The predicted octanol–water partition coefficient (Wildman–Crippen LogP) is 3.74. The Kier molecular flexibility index (Phi) is 6.76. The average molecular weight is 457 g/mol. The lowest BCUT2D eigenvalue weighted by Crippen LogP contribution is -2.50. The van der Waals surface area contributed by atoms with Crippen molar-refractivity contribution in [3.8, 4) is 11.4 Å². The summed E-state index contributed by atoms with van der Waals surface area (Å²) < 4.78 is 4.96. The van der Waals surface area contributed by atoms with Gasteiger partial charge in [0.15, 0.2) is 5.82 Å². The maximum absolute atomic E-state index is 13.6. The van der Waals surface area contributed by atoms with E-state index in [-0.39, 0.29) is 24.5 Å². The summed E-state index contributed by atoms with van der Waals surface area (Å²) in [5, 5.41) is 0.637. The van der Waals surface area contributed by atoms with E-state index < -0.39 is 5.41 Å². The van der Waals surface area contributed by atoms with Crippen molar-refractivity contribution < 1.29 is 14.3 Å². The minimum atomic E-state index is -0.477. The number of carbonyl (C=O) groups excluding carboxylic acids is 2. The number of aromatic nitrogens is 2. The number of carbonyl (C=O) groups is 2. The van der Waals surface area contributed by atoms with Gasteiger partial charge in [-0.15, -0.1) is 0 Å². The van der Waals surface area contributed by atoms with E-state index in [1.165, 1.54) is 7.11 Å². The number of hydrogen-bond donors (Lipinski definition) is 0. The highest BCUT2D eigenvalue weighted by molar-refractivity contribution is 6.30. The Morgan fingerprint density at radius 2 is 2.00 bits per heavy atom. The molecule has 170 valence electrons. The molecule has 2 aliphatic heterocycles. The first-order valence-corrected chi connectivity index (χ1v) is 11.5. The van der Waals surface area contributed by atoms with E-state index in [4.69, 9.17) is 21.3 Å². The van der Waals surface area contributed by atoms with Gasteiger partial charge in [0.05, 0.1) is 11.7 Å². The van der Waals surface area contributed by atoms with E-state index in [9.17, 15) is 9.59 Å². The van der Waals surface area contributed by atoms with Gasteiger partial charge in [-0.05, 0) is 43.9 Å². The lowest BCUT2D eigenvalue weighted by atomic mass is 9.78. The third-order valence-electron chi connectivity index (χ3n) is 6.62. The summed E-state index contributed by atoms with van der Waals surface area (Å²) in [5.41, 5.74) is 1.24. The Hall–Kier alpha value is -2.51. The van der Waals surface area contributed by atoms with Crippen LogP contribution in [0.1, 0.15) is 44.3 Å². The van der Waals surface area contributed by atoms with Gasteiger partial charge in [-0.3, -0.25) is 9.59 Å². The maximum Gasteiger partial charge on any atom is 0.248 e. The number of likely N-dealkylation sites (tertiary alicyclic amines) is 2. The normalized spacial score (nSPS) is 20.4. The van der Waals surface area contributed by atoms with Crippen molar-refractivity contribution in [1.82, 2.24) is 19.8 Å². The summed E-state index contributed by atoms with van der Waals surface area (Å²) in [5.74, 6) is 0.748. The minimum Gasteiger partial charge on any atom is -0.375 e. The average Bonchev–Trinajstić information content (AvgIpc) is 3.29. The molecule has 2 fully saturated rings. The second kappa shape index (κ2) is 9.55. The van der Waals surface area contributed by atoms with Gasteiger partial charge >= 0.3 is 0 Å². The van der Waals surface area contributed by atoms with Crippen LogP contribution in [0.15, 0.2) is 36.5 Å². The smallest absolute Gasteiger partial charge is 0.248 e. The molecule has 2 aliphatic rings. The van der Waals surface area contributed by atoms with E-state index in [1.54, 1.807) is 11.1 Å². The number of methoxy groups -OCH3 is 1. The van der Waals surface area contributed by atoms with Crippen LogP contribution in [-0.4, -0.2) is 64.9 Å². The molecule has 7 nitrogen and oxygen atoms in total. The van der Waals surface area contributed by atoms with Gasteiger partial charge in [0.25, 0.3) is 0 Å². The number of amides is 2. The maximum atomic E-state index is 13.6. The molecule has 0 saturated carbocycles. The molecule has 0 radical (unpaired) electrons. The molecule has 0 aliphatic carbocycles. The van der Waals surface area contributed by atoms with Gasteiger partial charge in [0, 0.05) is 48.9 Å². The molecule has 2 amide bonds. The highest BCUT2D eigenvalue weighted by Crippen LogP contribution is 2.39. The standard InChI is InChI=1S/C24H29ClN4O3/c1-24(9-13-28(14-10-24)21(30)16-32-2)23(31)29-12-4-7-20(29)19-8-11-26-22(27-19)17-5-3-6-18(25)15-17/h3,5-6,8,11,15,20H,4,7,9-10,12-14,16H2,1-2H3/t20-/m1/s1. The van der Waals surface area contributed by atoms with Crippen LogP contribution in [0.3, 0.4) is 0 Å². The number of ether oxygens (including phenoxy) is 1. The van der Waals surface area contributed by atoms with Crippen LogP contribution in [0.25, 0.3) is 11.4 Å². The van der Waals surface area contributed by atoms with Crippen molar-refractivity contribution in [2.75, 3.05) is 33.4 Å². The third kappa shape index (κ3) is 4.64. The molecular weight excluding hydrogens is 428 g/mol. The van der Waals surface area contributed by atoms with E-state index >= 15 is 0 Å². The number of halogens is 1. The summed E-state index contributed by atoms with van der Waals surface area (Å²) in [4.78, 5) is 38.8. The third-order valence-corrected chi connectivity index (χ3v) is 6.85. The summed E-state index contributed by atoms with van der Waals surface area (Å²) in [7, 11) is 1.52. The fraction of sp³-hybridized carbons (Fsp3) is 0.500. The lowest BCUT2D eigenvalue weighted by molar-refractivity contribution is -0.149. The van der Waals surface area contributed by atoms with Crippen molar-refractivity contribution >= 4 is 23.4 Å². The van der Waals surface area contributed by atoms with Gasteiger partial charge in [-0.25, -0.2) is 9.97 Å². The topological polar surface area (TPSA) is 75.6 Å². The van der Waals surface area contributed by atoms with Crippen molar-refractivity contribution in [3.05, 3.63) is 47.2 Å². The zero-order chi connectivity index (χ0) is 22.7. The summed E-state index contributed by atoms with van der Waals surface area (Å²) in [6, 6.07) is 9.32. The Balaban J connectivity index is 1.50. The van der Waals surface area contributed by atoms with Crippen LogP contribution in [0.4, 0.5) is 0 Å². The number of benzene rings is 1. The molecule has 32 heavy (non-hydrogen) atoms. The van der Waals surface area contributed by atoms with Gasteiger partial charge in [-0.2, -0.15) is 0 Å². The Bertz CT molecular complexity index is 991. The van der Waals surface area contributed by atoms with Gasteiger partial charge in [0.2, 0.25) is 11.8 Å². The molecular formula is C24H29ClN4O3. The molecule has 2 aromatic rings. The van der Waals surface area contributed by atoms with Crippen LogP contribution >= 0.6 is 11.6 Å². The van der Waals surface area contributed by atoms with Crippen molar-refractivity contribution in [2.24, 2.45) is 5.41 Å². The lowest BCUT2D eigenvalue weighted by Gasteiger charge is -2.41.